The van der Waals surface area contributed by atoms with E-state index < -0.39 is 0 Å². The van der Waals surface area contributed by atoms with Crippen molar-refractivity contribution < 1.29 is 0 Å². The third kappa shape index (κ3) is 6.95. The number of aryl methyl sites for hydroxylation is 1. The van der Waals surface area contributed by atoms with Crippen molar-refractivity contribution >= 4 is 67.9 Å². The van der Waals surface area contributed by atoms with Crippen LogP contribution in [0, 0.1) is 13.8 Å². The number of hydrogen-bond donors (Lipinski definition) is 0. The van der Waals surface area contributed by atoms with Crippen LogP contribution in [0.3, 0.4) is 0 Å². The van der Waals surface area contributed by atoms with Gasteiger partial charge in [-0.2, -0.15) is 11.3 Å². The molecule has 0 unspecified atom stereocenters. The Labute approximate surface area is 411 Å². The molecular formula is C63H83BN2S. The van der Waals surface area contributed by atoms with Crippen LogP contribution >= 0.6 is 11.3 Å². The monoisotopic (exact) mass is 911 g/mol. The van der Waals surface area contributed by atoms with E-state index in [0.717, 1.165) is 6.42 Å². The fourth-order valence-corrected chi connectivity index (χ4v) is 15.8. The first-order valence-corrected chi connectivity index (χ1v) is 27.4. The third-order valence-corrected chi connectivity index (χ3v) is 20.4. The van der Waals surface area contributed by atoms with Gasteiger partial charge in [-0.3, -0.25) is 0 Å². The van der Waals surface area contributed by atoms with Crippen LogP contribution in [-0.2, 0) is 44.3 Å². The Morgan fingerprint density at radius 1 is 0.567 bits per heavy atom. The zero-order chi connectivity index (χ0) is 48.3. The highest BCUT2D eigenvalue weighted by molar-refractivity contribution is 7.29. The predicted molar refractivity (Wildman–Crippen MR) is 296 cm³/mol. The summed E-state index contributed by atoms with van der Waals surface area (Å²) in [7, 11) is 0. The second-order valence-corrected chi connectivity index (χ2v) is 28.0. The molecule has 0 atom stereocenters. The number of nitrogens with zero attached hydrogens (tertiary/aromatic N) is 2. The Morgan fingerprint density at radius 3 is 1.69 bits per heavy atom. The van der Waals surface area contributed by atoms with Crippen molar-refractivity contribution in [2.75, 3.05) is 9.80 Å². The van der Waals surface area contributed by atoms with Gasteiger partial charge in [-0.05, 0) is 201 Å². The summed E-state index contributed by atoms with van der Waals surface area (Å²) in [4.78, 5) is 7.18. The average molecular weight is 911 g/mol. The van der Waals surface area contributed by atoms with Gasteiger partial charge < -0.3 is 9.80 Å². The summed E-state index contributed by atoms with van der Waals surface area (Å²) in [6, 6.07) is 23.3. The smallest absolute Gasteiger partial charge is 0.264 e. The van der Waals surface area contributed by atoms with Crippen molar-refractivity contribution in [2.24, 2.45) is 0 Å². The minimum absolute atomic E-state index is 0.0615. The van der Waals surface area contributed by atoms with Crippen LogP contribution in [-0.4, -0.2) is 6.71 Å². The molecule has 3 heterocycles. The maximum Gasteiger partial charge on any atom is 0.264 e. The highest BCUT2D eigenvalue weighted by atomic mass is 32.1. The van der Waals surface area contributed by atoms with Crippen LogP contribution in [0.4, 0.5) is 34.1 Å². The molecule has 1 aromatic heterocycles. The lowest BCUT2D eigenvalue weighted by molar-refractivity contribution is 0.330. The second-order valence-electron chi connectivity index (χ2n) is 26.9. The minimum atomic E-state index is 0.0615. The van der Waals surface area contributed by atoms with Gasteiger partial charge in [0.25, 0.3) is 6.71 Å². The average Bonchev–Trinajstić information content (AvgIpc) is 3.65. The molecule has 67 heavy (non-hydrogen) atoms. The van der Waals surface area contributed by atoms with Gasteiger partial charge in [0.1, 0.15) is 0 Å². The van der Waals surface area contributed by atoms with Crippen molar-refractivity contribution in [3.05, 3.63) is 110 Å². The SMILES string of the molecule is CCCCC(C)(C)c1sc2c(c1CC)N(c1ccc3c(c1C)C(C)(C)CCC3(C)C)c1cc(C)cc3c1B2c1cc2c(cc1N3c1ccc3c(c1)C(C)(C)CCC3(C)C)C(C)(C)CCC2(C)C. The zero-order valence-electron chi connectivity index (χ0n) is 45.1. The molecule has 0 saturated heterocycles. The van der Waals surface area contributed by atoms with E-state index in [1.165, 1.54) is 131 Å². The zero-order valence-corrected chi connectivity index (χ0v) is 46.0. The van der Waals surface area contributed by atoms with E-state index in [4.69, 9.17) is 0 Å². The summed E-state index contributed by atoms with van der Waals surface area (Å²) in [5.41, 5.74) is 25.6. The van der Waals surface area contributed by atoms with Gasteiger partial charge in [-0.25, -0.2) is 0 Å². The van der Waals surface area contributed by atoms with E-state index in [0.29, 0.717) is 0 Å². The summed E-state index contributed by atoms with van der Waals surface area (Å²) in [6.45, 7) is 44.8. The molecule has 0 N–H and O–H groups in total. The molecule has 2 aliphatic heterocycles. The first kappa shape index (κ1) is 46.9. The number of fused-ring (bicyclic) bond motifs is 7. The summed E-state index contributed by atoms with van der Waals surface area (Å²) in [6.07, 6.45) is 11.9. The molecule has 0 fully saturated rings. The number of unbranched alkanes of at least 4 members (excludes halogenated alkanes) is 1. The van der Waals surface area contributed by atoms with Gasteiger partial charge in [0.2, 0.25) is 0 Å². The van der Waals surface area contributed by atoms with Gasteiger partial charge in [0.15, 0.2) is 0 Å². The first-order valence-electron chi connectivity index (χ1n) is 26.6. The topological polar surface area (TPSA) is 6.48 Å². The summed E-state index contributed by atoms with van der Waals surface area (Å²) in [5, 5.41) is 0. The maximum absolute atomic E-state index is 2.83. The Kier molecular flexibility index (Phi) is 10.6. The lowest BCUT2D eigenvalue weighted by Crippen LogP contribution is -2.61. The fourth-order valence-electron chi connectivity index (χ4n) is 14.2. The molecule has 3 aliphatic carbocycles. The molecule has 2 nitrogen and oxygen atoms in total. The Balaban J connectivity index is 1.35. The highest BCUT2D eigenvalue weighted by Gasteiger charge is 2.50. The summed E-state index contributed by atoms with van der Waals surface area (Å²) in [5.74, 6) is 0. The largest absolute Gasteiger partial charge is 0.311 e. The van der Waals surface area contributed by atoms with Crippen LogP contribution in [0.1, 0.15) is 224 Å². The lowest BCUT2D eigenvalue weighted by atomic mass is 9.35. The molecule has 354 valence electrons. The fraction of sp³-hybridized carbons (Fsp3) is 0.556. The number of rotatable bonds is 7. The molecule has 0 radical (unpaired) electrons. The maximum atomic E-state index is 2.83. The van der Waals surface area contributed by atoms with Crippen LogP contribution in [0.15, 0.2) is 54.6 Å². The van der Waals surface area contributed by atoms with E-state index >= 15 is 0 Å². The molecular weight excluding hydrogens is 828 g/mol. The van der Waals surface area contributed by atoms with Crippen LogP contribution in [0.5, 0.6) is 0 Å². The van der Waals surface area contributed by atoms with Crippen molar-refractivity contribution in [3.8, 4) is 0 Å². The van der Waals surface area contributed by atoms with E-state index in [1.807, 2.05) is 0 Å². The summed E-state index contributed by atoms with van der Waals surface area (Å²) >= 11 is 2.18. The van der Waals surface area contributed by atoms with Crippen molar-refractivity contribution in [2.45, 2.75) is 227 Å². The third-order valence-electron chi connectivity index (χ3n) is 18.8. The van der Waals surface area contributed by atoms with Gasteiger partial charge in [0.05, 0.1) is 5.69 Å². The van der Waals surface area contributed by atoms with E-state index in [-0.39, 0.29) is 44.6 Å². The van der Waals surface area contributed by atoms with Crippen LogP contribution in [0.25, 0.3) is 0 Å². The molecule has 5 aliphatic rings. The number of thiophene rings is 1. The Bertz CT molecular complexity index is 2860. The molecule has 4 aromatic carbocycles. The molecule has 0 spiro atoms. The van der Waals surface area contributed by atoms with Gasteiger partial charge in [-0.1, -0.05) is 142 Å². The van der Waals surface area contributed by atoms with Crippen molar-refractivity contribution in [1.82, 2.24) is 0 Å². The van der Waals surface area contributed by atoms with E-state index in [2.05, 4.69) is 200 Å². The van der Waals surface area contributed by atoms with Crippen LogP contribution < -0.4 is 25.5 Å². The molecule has 0 saturated carbocycles. The van der Waals surface area contributed by atoms with E-state index in [1.54, 1.807) is 31.9 Å². The predicted octanol–water partition coefficient (Wildman–Crippen LogP) is 16.5. The summed E-state index contributed by atoms with van der Waals surface area (Å²) < 4.78 is 1.55. The van der Waals surface area contributed by atoms with E-state index in [9.17, 15) is 0 Å². The molecule has 4 heteroatoms. The number of anilines is 6. The molecule has 0 bridgehead atoms. The van der Waals surface area contributed by atoms with Gasteiger partial charge in [-0.15, -0.1) is 0 Å². The standard InChI is InChI=1S/C63H83BN2S/c1-19-21-26-63(17,18)55-41(20-2)54-56(67-55)64-47-36-45-46(61(13,14)30-29-60(45,11)12)37-49(47)65(40-22-23-42-44(35-40)59(9,10)28-27-57(42,5)6)50-33-38(3)34-51(53(50)64)66(54)48-25-24-43-52(39(48)4)62(15,16)32-31-58(43,7)8/h22-25,33-37H,19-21,26-32H2,1-18H3. The van der Waals surface area contributed by atoms with Gasteiger partial charge in [0, 0.05) is 38.1 Å². The Morgan fingerprint density at radius 2 is 1.09 bits per heavy atom. The van der Waals surface area contributed by atoms with Gasteiger partial charge >= 0.3 is 0 Å². The van der Waals surface area contributed by atoms with Crippen LogP contribution in [0.2, 0.25) is 0 Å². The molecule has 5 aromatic rings. The second kappa shape index (κ2) is 15.1. The number of hydrogen-bond acceptors (Lipinski definition) is 3. The number of benzene rings is 4. The molecule has 0 amide bonds. The first-order chi connectivity index (χ1) is 31.2. The lowest BCUT2D eigenvalue weighted by Gasteiger charge is -2.48. The minimum Gasteiger partial charge on any atom is -0.311 e. The molecule has 10 rings (SSSR count). The van der Waals surface area contributed by atoms with Crippen molar-refractivity contribution in [1.29, 1.82) is 0 Å². The quantitative estimate of drug-likeness (QED) is 0.147. The van der Waals surface area contributed by atoms with Crippen molar-refractivity contribution in [3.63, 3.8) is 0 Å². The normalized spacial score (nSPS) is 20.9. The highest BCUT2D eigenvalue weighted by Crippen LogP contribution is 2.56. The Hall–Kier alpha value is -3.76.